The van der Waals surface area contributed by atoms with Crippen LogP contribution in [0.3, 0.4) is 0 Å². The standard InChI is InChI=1S/C25H29ClO6/c1-6-13(2)9-14(3)7-8-16-10-17-18(12-30-16)19-20-23(28)31-15(4)11-25(20,29)32-24(19,5)22(27)21(17)26/h7-10,12-13,15,19-20,29H,6,11H2,1-5H3/b8-7+,14-9+. The van der Waals surface area contributed by atoms with Crippen LogP contribution in [0.5, 0.6) is 0 Å². The van der Waals surface area contributed by atoms with E-state index in [4.69, 9.17) is 25.8 Å². The van der Waals surface area contributed by atoms with Gasteiger partial charge in [0.1, 0.15) is 23.4 Å². The van der Waals surface area contributed by atoms with Crippen LogP contribution in [0.4, 0.5) is 0 Å². The van der Waals surface area contributed by atoms with Crippen LogP contribution in [0, 0.1) is 17.8 Å². The summed E-state index contributed by atoms with van der Waals surface area (Å²) < 4.78 is 17.1. The van der Waals surface area contributed by atoms with Gasteiger partial charge in [-0.2, -0.15) is 0 Å². The maximum Gasteiger partial charge on any atom is 0.315 e. The van der Waals surface area contributed by atoms with Gasteiger partial charge in [0.25, 0.3) is 0 Å². The van der Waals surface area contributed by atoms with E-state index < -0.39 is 41.1 Å². The largest absolute Gasteiger partial charge is 0.465 e. The highest BCUT2D eigenvalue weighted by Crippen LogP contribution is 2.58. The number of Topliss-reactive ketones (excluding diaryl/α,β-unsaturated/α-hetero) is 1. The second-order valence-corrected chi connectivity index (χ2v) is 9.76. The summed E-state index contributed by atoms with van der Waals surface area (Å²) in [5.74, 6) is -3.69. The van der Waals surface area contributed by atoms with Gasteiger partial charge in [-0.25, -0.2) is 0 Å². The molecule has 2 fully saturated rings. The van der Waals surface area contributed by atoms with E-state index >= 15 is 0 Å². The van der Waals surface area contributed by atoms with Crippen molar-refractivity contribution in [3.05, 3.63) is 58.1 Å². The molecule has 1 aliphatic carbocycles. The molecule has 0 aromatic heterocycles. The fourth-order valence-electron chi connectivity index (χ4n) is 5.10. The van der Waals surface area contributed by atoms with Crippen molar-refractivity contribution >= 4 is 23.4 Å². The molecule has 6 nitrogen and oxygen atoms in total. The van der Waals surface area contributed by atoms with Crippen LogP contribution in [0.25, 0.3) is 0 Å². The minimum Gasteiger partial charge on any atom is -0.465 e. The number of halogens is 1. The molecule has 4 rings (SSSR count). The van der Waals surface area contributed by atoms with Crippen molar-refractivity contribution in [3.63, 3.8) is 0 Å². The molecule has 1 N–H and O–H groups in total. The minimum atomic E-state index is -1.81. The SMILES string of the molecule is CCC(C)/C=C(C)/C=C/C1=CC2=C(Cl)C(=O)C3(C)OC4(O)CC(C)OC(=O)C4C3C2=CO1. The number of carbonyl (C=O) groups is 2. The van der Waals surface area contributed by atoms with Crippen LogP contribution >= 0.6 is 11.6 Å². The van der Waals surface area contributed by atoms with Crippen LogP contribution < -0.4 is 0 Å². The summed E-state index contributed by atoms with van der Waals surface area (Å²) >= 11 is 6.50. The van der Waals surface area contributed by atoms with Gasteiger partial charge in [0.2, 0.25) is 5.78 Å². The Hall–Kier alpha value is -2.15. The number of cyclic esters (lactones) is 1. The summed E-state index contributed by atoms with van der Waals surface area (Å²) in [6, 6.07) is 0. The number of esters is 1. The molecule has 2 saturated heterocycles. The zero-order valence-corrected chi connectivity index (χ0v) is 19.7. The molecule has 3 aliphatic heterocycles. The van der Waals surface area contributed by atoms with Crippen molar-refractivity contribution in [2.24, 2.45) is 17.8 Å². The zero-order chi connectivity index (χ0) is 23.4. The first kappa shape index (κ1) is 23.0. The fourth-order valence-corrected chi connectivity index (χ4v) is 5.45. The van der Waals surface area contributed by atoms with E-state index in [9.17, 15) is 14.7 Å². The first-order valence-corrected chi connectivity index (χ1v) is 11.4. The van der Waals surface area contributed by atoms with Gasteiger partial charge < -0.3 is 19.3 Å². The number of hydrogen-bond acceptors (Lipinski definition) is 6. The van der Waals surface area contributed by atoms with Crippen LogP contribution in [-0.2, 0) is 23.8 Å². The summed E-state index contributed by atoms with van der Waals surface area (Å²) in [6.45, 7) is 9.55. The summed E-state index contributed by atoms with van der Waals surface area (Å²) in [5, 5.41) is 11.2. The molecule has 4 aliphatic rings. The van der Waals surface area contributed by atoms with Gasteiger partial charge in [-0.3, -0.25) is 9.59 Å². The summed E-state index contributed by atoms with van der Waals surface area (Å²) in [5.41, 5.74) is 0.635. The Morgan fingerprint density at radius 1 is 1.38 bits per heavy atom. The summed E-state index contributed by atoms with van der Waals surface area (Å²) in [4.78, 5) is 26.1. The number of carbonyl (C=O) groups excluding carboxylic acids is 2. The van der Waals surface area contributed by atoms with Crippen LogP contribution in [0.15, 0.2) is 58.1 Å². The Bertz CT molecular complexity index is 1020. The molecule has 172 valence electrons. The quantitative estimate of drug-likeness (QED) is 0.493. The highest BCUT2D eigenvalue weighted by atomic mass is 35.5. The third kappa shape index (κ3) is 3.58. The molecular formula is C25H29ClO6. The van der Waals surface area contributed by atoms with Crippen molar-refractivity contribution in [3.8, 4) is 0 Å². The number of hydrogen-bond donors (Lipinski definition) is 1. The molecule has 32 heavy (non-hydrogen) atoms. The molecular weight excluding hydrogens is 432 g/mol. The molecule has 0 aromatic carbocycles. The topological polar surface area (TPSA) is 82.1 Å². The van der Waals surface area contributed by atoms with Gasteiger partial charge in [0, 0.05) is 23.5 Å². The zero-order valence-electron chi connectivity index (χ0n) is 19.0. The minimum absolute atomic E-state index is 0.000248. The third-order valence-corrected chi connectivity index (χ3v) is 7.17. The van der Waals surface area contributed by atoms with Crippen molar-refractivity contribution in [1.29, 1.82) is 0 Å². The molecule has 0 amide bonds. The molecule has 0 spiro atoms. The lowest BCUT2D eigenvalue weighted by molar-refractivity contribution is -0.260. The van der Waals surface area contributed by atoms with E-state index in [0.29, 0.717) is 22.8 Å². The van der Waals surface area contributed by atoms with E-state index in [1.807, 2.05) is 19.1 Å². The number of aliphatic hydroxyl groups is 1. The maximum absolute atomic E-state index is 13.3. The molecule has 0 saturated carbocycles. The number of ether oxygens (including phenoxy) is 3. The number of allylic oxidation sites excluding steroid dienone is 6. The Balaban J connectivity index is 1.70. The Morgan fingerprint density at radius 3 is 2.78 bits per heavy atom. The van der Waals surface area contributed by atoms with Crippen LogP contribution in [-0.4, -0.2) is 34.4 Å². The first-order valence-electron chi connectivity index (χ1n) is 11.0. The average Bonchev–Trinajstić information content (AvgIpc) is 2.98. The lowest BCUT2D eigenvalue weighted by Gasteiger charge is -2.38. The number of rotatable bonds is 4. The Morgan fingerprint density at radius 2 is 2.09 bits per heavy atom. The Labute approximate surface area is 193 Å². The van der Waals surface area contributed by atoms with Gasteiger partial charge in [-0.05, 0) is 38.8 Å². The third-order valence-electron chi connectivity index (χ3n) is 6.80. The van der Waals surface area contributed by atoms with Crippen molar-refractivity contribution in [1.82, 2.24) is 0 Å². The van der Waals surface area contributed by atoms with E-state index in [2.05, 4.69) is 19.9 Å². The molecule has 0 radical (unpaired) electrons. The lowest BCUT2D eigenvalue weighted by Crippen LogP contribution is -2.50. The molecule has 7 heteroatoms. The van der Waals surface area contributed by atoms with Crippen molar-refractivity contribution in [2.75, 3.05) is 0 Å². The van der Waals surface area contributed by atoms with Gasteiger partial charge >= 0.3 is 5.97 Å². The predicted octanol–water partition coefficient (Wildman–Crippen LogP) is 4.45. The van der Waals surface area contributed by atoms with Gasteiger partial charge in [0.15, 0.2) is 5.79 Å². The van der Waals surface area contributed by atoms with E-state index in [1.54, 1.807) is 19.9 Å². The fraction of sp³-hybridized carbons (Fsp3) is 0.520. The van der Waals surface area contributed by atoms with Gasteiger partial charge in [0.05, 0.1) is 11.3 Å². The maximum atomic E-state index is 13.3. The van der Waals surface area contributed by atoms with Gasteiger partial charge in [-0.1, -0.05) is 49.6 Å². The lowest BCUT2D eigenvalue weighted by atomic mass is 9.66. The Kier molecular flexibility index (Phi) is 5.76. The van der Waals surface area contributed by atoms with E-state index in [-0.39, 0.29) is 11.5 Å². The van der Waals surface area contributed by atoms with E-state index in [0.717, 1.165) is 12.0 Å². The normalized spacial score (nSPS) is 37.8. The molecule has 3 heterocycles. The van der Waals surface area contributed by atoms with E-state index in [1.165, 1.54) is 6.26 Å². The first-order chi connectivity index (χ1) is 15.0. The highest BCUT2D eigenvalue weighted by Gasteiger charge is 2.70. The van der Waals surface area contributed by atoms with Crippen LogP contribution in [0.1, 0.15) is 47.5 Å². The average molecular weight is 461 g/mol. The summed E-state index contributed by atoms with van der Waals surface area (Å²) in [7, 11) is 0. The predicted molar refractivity (Wildman–Crippen MR) is 119 cm³/mol. The molecule has 0 aromatic rings. The molecule has 6 atom stereocenters. The summed E-state index contributed by atoms with van der Waals surface area (Å²) in [6.07, 6.45) is 9.73. The molecule has 0 bridgehead atoms. The van der Waals surface area contributed by atoms with Crippen LogP contribution in [0.2, 0.25) is 0 Å². The molecule has 6 unspecified atom stereocenters. The van der Waals surface area contributed by atoms with Crippen molar-refractivity contribution < 1.29 is 28.9 Å². The highest BCUT2D eigenvalue weighted by molar-refractivity contribution is 6.45. The van der Waals surface area contributed by atoms with Gasteiger partial charge in [-0.15, -0.1) is 0 Å². The second-order valence-electron chi connectivity index (χ2n) is 9.38. The van der Waals surface area contributed by atoms with Crippen molar-refractivity contribution in [2.45, 2.75) is 65.0 Å². The second kappa shape index (κ2) is 8.01. The smallest absolute Gasteiger partial charge is 0.315 e. The number of ketones is 1. The number of fused-ring (bicyclic) bond motifs is 5. The monoisotopic (exact) mass is 460 g/mol.